The van der Waals surface area contributed by atoms with Crippen LogP contribution in [-0.2, 0) is 11.3 Å². The highest BCUT2D eigenvalue weighted by molar-refractivity contribution is 6.32. The summed E-state index contributed by atoms with van der Waals surface area (Å²) < 4.78 is 10.4. The van der Waals surface area contributed by atoms with E-state index in [0.717, 1.165) is 5.69 Å². The topological polar surface area (TPSA) is 72.5 Å². The molecule has 0 spiro atoms. The standard InChI is InChI=1S/C16H18ClN3O3/c1-22-14-8-13(15(23-2)7-12(14)17)19-10-16(21)20-9-11-5-3-4-6-18-11/h3-8,19H,9-10H2,1-2H3,(H,20,21). The Morgan fingerprint density at radius 1 is 1.22 bits per heavy atom. The minimum atomic E-state index is -0.161. The van der Waals surface area contributed by atoms with E-state index in [4.69, 9.17) is 21.1 Å². The van der Waals surface area contributed by atoms with E-state index in [2.05, 4.69) is 15.6 Å². The Bertz CT molecular complexity index is 665. The maximum absolute atomic E-state index is 11.9. The van der Waals surface area contributed by atoms with E-state index in [9.17, 15) is 4.79 Å². The predicted molar refractivity (Wildman–Crippen MR) is 89.1 cm³/mol. The fourth-order valence-corrected chi connectivity index (χ4v) is 2.16. The molecule has 0 atom stereocenters. The third kappa shape index (κ3) is 4.75. The summed E-state index contributed by atoms with van der Waals surface area (Å²) in [6.45, 7) is 0.469. The molecule has 0 bridgehead atoms. The van der Waals surface area contributed by atoms with Crippen LogP contribution in [-0.4, -0.2) is 31.7 Å². The van der Waals surface area contributed by atoms with Gasteiger partial charge < -0.3 is 20.1 Å². The summed E-state index contributed by atoms with van der Waals surface area (Å²) in [7, 11) is 3.06. The van der Waals surface area contributed by atoms with Gasteiger partial charge in [0, 0.05) is 18.3 Å². The van der Waals surface area contributed by atoms with Gasteiger partial charge in [-0.15, -0.1) is 0 Å². The summed E-state index contributed by atoms with van der Waals surface area (Å²) in [4.78, 5) is 16.1. The number of nitrogens with zero attached hydrogens (tertiary/aromatic N) is 1. The van der Waals surface area contributed by atoms with Gasteiger partial charge in [-0.1, -0.05) is 17.7 Å². The molecule has 0 aliphatic rings. The quantitative estimate of drug-likeness (QED) is 0.813. The van der Waals surface area contributed by atoms with Gasteiger partial charge in [0.15, 0.2) is 0 Å². The molecule has 1 heterocycles. The van der Waals surface area contributed by atoms with Crippen LogP contribution in [0.1, 0.15) is 5.69 Å². The van der Waals surface area contributed by atoms with Gasteiger partial charge in [0.2, 0.25) is 5.91 Å². The molecule has 0 aliphatic carbocycles. The summed E-state index contributed by atoms with van der Waals surface area (Å²) in [5.74, 6) is 0.879. The number of hydrogen-bond acceptors (Lipinski definition) is 5. The molecule has 0 saturated carbocycles. The minimum Gasteiger partial charge on any atom is -0.495 e. The summed E-state index contributed by atoms with van der Waals surface area (Å²) in [6, 6.07) is 8.87. The molecular weight excluding hydrogens is 318 g/mol. The smallest absolute Gasteiger partial charge is 0.239 e. The van der Waals surface area contributed by atoms with E-state index in [1.165, 1.54) is 14.2 Å². The van der Waals surface area contributed by atoms with Crippen molar-refractivity contribution in [3.05, 3.63) is 47.2 Å². The van der Waals surface area contributed by atoms with Gasteiger partial charge in [0.05, 0.1) is 43.7 Å². The summed E-state index contributed by atoms with van der Waals surface area (Å²) in [5.41, 5.74) is 1.42. The van der Waals surface area contributed by atoms with Gasteiger partial charge in [-0.2, -0.15) is 0 Å². The average molecular weight is 336 g/mol. The number of halogens is 1. The Morgan fingerprint density at radius 2 is 2.00 bits per heavy atom. The van der Waals surface area contributed by atoms with E-state index < -0.39 is 0 Å². The van der Waals surface area contributed by atoms with Gasteiger partial charge in [0.1, 0.15) is 11.5 Å². The number of rotatable bonds is 7. The Kier molecular flexibility index (Phi) is 6.05. The van der Waals surface area contributed by atoms with Crippen molar-refractivity contribution < 1.29 is 14.3 Å². The lowest BCUT2D eigenvalue weighted by molar-refractivity contribution is -0.119. The molecule has 122 valence electrons. The monoisotopic (exact) mass is 335 g/mol. The second kappa shape index (κ2) is 8.24. The second-order valence-electron chi connectivity index (χ2n) is 4.64. The Morgan fingerprint density at radius 3 is 2.65 bits per heavy atom. The number of carbonyl (C=O) groups is 1. The Hall–Kier alpha value is -2.47. The number of pyridine rings is 1. The van der Waals surface area contributed by atoms with Gasteiger partial charge in [0.25, 0.3) is 0 Å². The number of amides is 1. The lowest BCUT2D eigenvalue weighted by Gasteiger charge is -2.14. The van der Waals surface area contributed by atoms with Crippen LogP contribution in [0.4, 0.5) is 5.69 Å². The zero-order valence-corrected chi connectivity index (χ0v) is 13.7. The number of nitrogens with one attached hydrogen (secondary N) is 2. The lowest BCUT2D eigenvalue weighted by Crippen LogP contribution is -2.29. The second-order valence-corrected chi connectivity index (χ2v) is 5.05. The van der Waals surface area contributed by atoms with E-state index in [0.29, 0.717) is 28.8 Å². The molecule has 0 aliphatic heterocycles. The normalized spacial score (nSPS) is 10.0. The average Bonchev–Trinajstić information content (AvgIpc) is 2.59. The van der Waals surface area contributed by atoms with Crippen molar-refractivity contribution in [2.45, 2.75) is 6.54 Å². The SMILES string of the molecule is COc1cc(NCC(=O)NCc2ccccn2)c(OC)cc1Cl. The van der Waals surface area contributed by atoms with E-state index in [-0.39, 0.29) is 12.5 Å². The number of benzene rings is 1. The molecule has 0 saturated heterocycles. The molecule has 0 fully saturated rings. The van der Waals surface area contributed by atoms with E-state index >= 15 is 0 Å². The first-order valence-corrected chi connectivity index (χ1v) is 7.34. The lowest BCUT2D eigenvalue weighted by atomic mass is 10.2. The van der Waals surface area contributed by atoms with Crippen LogP contribution in [0, 0.1) is 0 Å². The molecule has 7 heteroatoms. The molecule has 0 radical (unpaired) electrons. The van der Waals surface area contributed by atoms with Gasteiger partial charge >= 0.3 is 0 Å². The number of hydrogen-bond donors (Lipinski definition) is 2. The molecule has 2 N–H and O–H groups in total. The van der Waals surface area contributed by atoms with Crippen LogP contribution in [0.3, 0.4) is 0 Å². The third-order valence-electron chi connectivity index (χ3n) is 3.11. The van der Waals surface area contributed by atoms with E-state index in [1.807, 2.05) is 18.2 Å². The fourth-order valence-electron chi connectivity index (χ4n) is 1.93. The summed E-state index contributed by atoms with van der Waals surface area (Å²) in [6.07, 6.45) is 1.69. The third-order valence-corrected chi connectivity index (χ3v) is 3.40. The molecule has 1 aromatic heterocycles. The molecule has 2 aromatic rings. The zero-order valence-electron chi connectivity index (χ0n) is 12.9. The highest BCUT2D eigenvalue weighted by Gasteiger charge is 2.11. The van der Waals surface area contributed by atoms with Crippen molar-refractivity contribution >= 4 is 23.2 Å². The first kappa shape index (κ1) is 16.9. The zero-order chi connectivity index (χ0) is 16.7. The molecule has 2 rings (SSSR count). The summed E-state index contributed by atoms with van der Waals surface area (Å²) in [5, 5.41) is 6.23. The van der Waals surface area contributed by atoms with Crippen molar-refractivity contribution in [3.63, 3.8) is 0 Å². The number of methoxy groups -OCH3 is 2. The van der Waals surface area contributed by atoms with Gasteiger partial charge in [-0.25, -0.2) is 0 Å². The first-order chi connectivity index (χ1) is 11.1. The van der Waals surface area contributed by atoms with Crippen molar-refractivity contribution in [2.24, 2.45) is 0 Å². The molecular formula is C16H18ClN3O3. The maximum atomic E-state index is 11.9. The van der Waals surface area contributed by atoms with Crippen LogP contribution >= 0.6 is 11.6 Å². The predicted octanol–water partition coefficient (Wildman–Crippen LogP) is 2.48. The fraction of sp³-hybridized carbons (Fsp3) is 0.250. The largest absolute Gasteiger partial charge is 0.495 e. The van der Waals surface area contributed by atoms with Gasteiger partial charge in [-0.05, 0) is 12.1 Å². The van der Waals surface area contributed by atoms with Crippen LogP contribution in [0.2, 0.25) is 5.02 Å². The number of anilines is 1. The Labute approximate surface area is 139 Å². The van der Waals surface area contributed by atoms with Crippen molar-refractivity contribution in [1.82, 2.24) is 10.3 Å². The number of carbonyl (C=O) groups excluding carboxylic acids is 1. The van der Waals surface area contributed by atoms with Crippen LogP contribution < -0.4 is 20.1 Å². The molecule has 1 aromatic carbocycles. The first-order valence-electron chi connectivity index (χ1n) is 6.96. The van der Waals surface area contributed by atoms with Crippen LogP contribution in [0.25, 0.3) is 0 Å². The molecule has 0 unspecified atom stereocenters. The molecule has 23 heavy (non-hydrogen) atoms. The van der Waals surface area contributed by atoms with Crippen molar-refractivity contribution in [3.8, 4) is 11.5 Å². The molecule has 6 nitrogen and oxygen atoms in total. The Balaban J connectivity index is 1.93. The molecule has 1 amide bonds. The highest BCUT2D eigenvalue weighted by atomic mass is 35.5. The number of ether oxygens (including phenoxy) is 2. The van der Waals surface area contributed by atoms with E-state index in [1.54, 1.807) is 18.3 Å². The highest BCUT2D eigenvalue weighted by Crippen LogP contribution is 2.35. The van der Waals surface area contributed by atoms with Gasteiger partial charge in [-0.3, -0.25) is 9.78 Å². The number of aromatic nitrogens is 1. The minimum absolute atomic E-state index is 0.0913. The summed E-state index contributed by atoms with van der Waals surface area (Å²) >= 11 is 6.04. The van der Waals surface area contributed by atoms with Crippen LogP contribution in [0.5, 0.6) is 11.5 Å². The van der Waals surface area contributed by atoms with Crippen molar-refractivity contribution in [1.29, 1.82) is 0 Å². The maximum Gasteiger partial charge on any atom is 0.239 e. The van der Waals surface area contributed by atoms with Crippen molar-refractivity contribution in [2.75, 3.05) is 26.1 Å². The van der Waals surface area contributed by atoms with Crippen LogP contribution in [0.15, 0.2) is 36.5 Å².